The number of nitrogens with one attached hydrogen (secondary N) is 1. The van der Waals surface area contributed by atoms with Crippen molar-refractivity contribution < 1.29 is 14.3 Å². The van der Waals surface area contributed by atoms with Gasteiger partial charge in [0.2, 0.25) is 0 Å². The number of amides is 2. The fourth-order valence-electron chi connectivity index (χ4n) is 6.17. The molecule has 1 heterocycles. The minimum absolute atomic E-state index is 0.0203. The average Bonchev–Trinajstić information content (AvgIpc) is 3.01. The summed E-state index contributed by atoms with van der Waals surface area (Å²) in [6.45, 7) is 9.51. The second kappa shape index (κ2) is 14.5. The first-order valence-electron chi connectivity index (χ1n) is 15.8. The van der Waals surface area contributed by atoms with E-state index in [1.807, 2.05) is 41.3 Å². The third kappa shape index (κ3) is 8.14. The van der Waals surface area contributed by atoms with Gasteiger partial charge in [-0.2, -0.15) is 0 Å². The number of carbonyl (C=O) groups excluding carboxylic acids is 2. The summed E-state index contributed by atoms with van der Waals surface area (Å²) in [5.41, 5.74) is 5.09. The maximum absolute atomic E-state index is 13.7. The van der Waals surface area contributed by atoms with Gasteiger partial charge in [-0.15, -0.1) is 0 Å². The van der Waals surface area contributed by atoms with Crippen molar-refractivity contribution in [3.63, 3.8) is 0 Å². The number of morpholine rings is 1. The Hall–Kier alpha value is -3.90. The predicted octanol–water partition coefficient (Wildman–Crippen LogP) is 6.74. The Labute approximate surface area is 256 Å². The molecule has 3 aromatic rings. The lowest BCUT2D eigenvalue weighted by molar-refractivity contribution is -0.149. The zero-order valence-electron chi connectivity index (χ0n) is 25.8. The molecule has 0 bridgehead atoms. The average molecular weight is 580 g/mol. The molecule has 1 aliphatic heterocycles. The summed E-state index contributed by atoms with van der Waals surface area (Å²) in [4.78, 5) is 30.9. The van der Waals surface area contributed by atoms with Gasteiger partial charge in [0.1, 0.15) is 6.10 Å². The molecule has 2 atom stereocenters. The molecule has 6 nitrogen and oxygen atoms in total. The van der Waals surface area contributed by atoms with Crippen LogP contribution in [0.3, 0.4) is 0 Å². The smallest absolute Gasteiger partial charge is 0.289 e. The summed E-state index contributed by atoms with van der Waals surface area (Å²) in [6.07, 6.45) is 6.89. The number of rotatable bonds is 11. The summed E-state index contributed by atoms with van der Waals surface area (Å²) in [5.74, 6) is 0.241. The van der Waals surface area contributed by atoms with Gasteiger partial charge in [-0.1, -0.05) is 78.7 Å². The van der Waals surface area contributed by atoms with Crippen LogP contribution in [0.1, 0.15) is 78.6 Å². The zero-order chi connectivity index (χ0) is 30.2. The first-order chi connectivity index (χ1) is 20.9. The van der Waals surface area contributed by atoms with E-state index in [2.05, 4.69) is 79.5 Å². The highest BCUT2D eigenvalue weighted by atomic mass is 16.5. The van der Waals surface area contributed by atoms with Crippen LogP contribution in [-0.2, 0) is 22.6 Å². The van der Waals surface area contributed by atoms with Crippen molar-refractivity contribution in [2.45, 2.75) is 84.2 Å². The summed E-state index contributed by atoms with van der Waals surface area (Å²) < 4.78 is 6.30. The third-order valence-electron chi connectivity index (χ3n) is 8.59. The number of aryl methyl sites for hydroxylation is 1. The minimum Gasteiger partial charge on any atom is -0.482 e. The lowest BCUT2D eigenvalue weighted by atomic mass is 9.89. The fraction of sp³-hybridized carbons (Fsp3) is 0.405. The molecule has 2 fully saturated rings. The van der Waals surface area contributed by atoms with Crippen LogP contribution in [-0.4, -0.2) is 52.9 Å². The van der Waals surface area contributed by atoms with Gasteiger partial charge in [0.15, 0.2) is 5.76 Å². The normalized spacial score (nSPS) is 19.4. The van der Waals surface area contributed by atoms with E-state index < -0.39 is 0 Å². The summed E-state index contributed by atoms with van der Waals surface area (Å²) >= 11 is 0. The van der Waals surface area contributed by atoms with Gasteiger partial charge < -0.3 is 15.0 Å². The Kier molecular flexibility index (Phi) is 10.3. The van der Waals surface area contributed by atoms with E-state index >= 15 is 0 Å². The molecule has 226 valence electrons. The molecule has 1 saturated heterocycles. The van der Waals surface area contributed by atoms with Gasteiger partial charge in [0, 0.05) is 37.8 Å². The Bertz CT molecular complexity index is 1400. The number of benzene rings is 3. The van der Waals surface area contributed by atoms with Crippen LogP contribution in [0.2, 0.25) is 0 Å². The van der Waals surface area contributed by atoms with Crippen LogP contribution in [0.15, 0.2) is 84.6 Å². The van der Waals surface area contributed by atoms with Crippen LogP contribution in [0.5, 0.6) is 0 Å². The lowest BCUT2D eigenvalue weighted by Gasteiger charge is -2.44. The Morgan fingerprint density at radius 2 is 1.74 bits per heavy atom. The van der Waals surface area contributed by atoms with Crippen LogP contribution in [0.4, 0.5) is 0 Å². The maximum atomic E-state index is 13.7. The van der Waals surface area contributed by atoms with Crippen molar-refractivity contribution in [3.8, 4) is 0 Å². The third-order valence-corrected chi connectivity index (χ3v) is 8.59. The maximum Gasteiger partial charge on any atom is 0.289 e. The molecule has 2 aliphatic rings. The van der Waals surface area contributed by atoms with Gasteiger partial charge in [-0.05, 0) is 81.4 Å². The van der Waals surface area contributed by atoms with Crippen molar-refractivity contribution in [1.29, 1.82) is 0 Å². The van der Waals surface area contributed by atoms with Crippen molar-refractivity contribution in [1.82, 2.24) is 15.1 Å². The fourth-order valence-corrected chi connectivity index (χ4v) is 6.17. The lowest BCUT2D eigenvalue weighted by Crippen LogP contribution is -2.54. The highest BCUT2D eigenvalue weighted by Crippen LogP contribution is 2.34. The second-order valence-corrected chi connectivity index (χ2v) is 12.2. The summed E-state index contributed by atoms with van der Waals surface area (Å²) in [5, 5.41) is 3.06. The van der Waals surface area contributed by atoms with Gasteiger partial charge in [0.05, 0.1) is 6.04 Å². The Morgan fingerprint density at radius 3 is 2.49 bits per heavy atom. The SMILES string of the molecule is Cc1cccc(CN2C(=O)/C(=C\c3ccc(C(=O)NCCCN(Cc4ccccc4)C(C)C)cc3)OC3CCCCC32)c1. The number of fused-ring (bicyclic) bond motifs is 1. The molecule has 1 aliphatic carbocycles. The molecular weight excluding hydrogens is 534 g/mol. The van der Waals surface area contributed by atoms with Crippen molar-refractivity contribution in [2.24, 2.45) is 0 Å². The summed E-state index contributed by atoms with van der Waals surface area (Å²) in [7, 11) is 0. The molecule has 6 heteroatoms. The number of carbonyl (C=O) groups is 2. The zero-order valence-corrected chi connectivity index (χ0v) is 25.8. The molecule has 0 radical (unpaired) electrons. The van der Waals surface area contributed by atoms with E-state index in [4.69, 9.17) is 4.74 Å². The first-order valence-corrected chi connectivity index (χ1v) is 15.8. The number of hydrogen-bond donors (Lipinski definition) is 1. The highest BCUT2D eigenvalue weighted by Gasteiger charge is 2.41. The number of hydrogen-bond acceptors (Lipinski definition) is 4. The van der Waals surface area contributed by atoms with Gasteiger partial charge in [-0.3, -0.25) is 14.5 Å². The molecule has 1 saturated carbocycles. The number of ether oxygens (including phenoxy) is 1. The molecule has 0 spiro atoms. The number of nitrogens with zero attached hydrogens (tertiary/aromatic N) is 2. The van der Waals surface area contributed by atoms with E-state index in [1.54, 1.807) is 0 Å². The van der Waals surface area contributed by atoms with E-state index in [-0.39, 0.29) is 24.0 Å². The second-order valence-electron chi connectivity index (χ2n) is 12.2. The molecule has 3 aromatic carbocycles. The van der Waals surface area contributed by atoms with Crippen molar-refractivity contribution in [3.05, 3.63) is 112 Å². The molecule has 2 unspecified atom stereocenters. The Morgan fingerprint density at radius 1 is 1.00 bits per heavy atom. The molecular formula is C37H45N3O3. The van der Waals surface area contributed by atoms with Crippen molar-refractivity contribution in [2.75, 3.05) is 13.1 Å². The van der Waals surface area contributed by atoms with E-state index in [1.165, 1.54) is 11.1 Å². The molecule has 1 N–H and O–H groups in total. The van der Waals surface area contributed by atoms with Crippen LogP contribution < -0.4 is 5.32 Å². The monoisotopic (exact) mass is 579 g/mol. The predicted molar refractivity (Wildman–Crippen MR) is 172 cm³/mol. The van der Waals surface area contributed by atoms with Crippen molar-refractivity contribution >= 4 is 17.9 Å². The molecule has 0 aromatic heterocycles. The summed E-state index contributed by atoms with van der Waals surface area (Å²) in [6, 6.07) is 26.8. The van der Waals surface area contributed by atoms with Crippen LogP contribution in [0, 0.1) is 6.92 Å². The van der Waals surface area contributed by atoms with Crippen LogP contribution >= 0.6 is 0 Å². The minimum atomic E-state index is -0.0854. The molecule has 43 heavy (non-hydrogen) atoms. The molecule has 5 rings (SSSR count). The van der Waals surface area contributed by atoms with E-state index in [0.29, 0.717) is 30.5 Å². The molecule has 2 amide bonds. The van der Waals surface area contributed by atoms with E-state index in [9.17, 15) is 9.59 Å². The Balaban J connectivity index is 1.18. The largest absolute Gasteiger partial charge is 0.482 e. The topological polar surface area (TPSA) is 61.9 Å². The van der Waals surface area contributed by atoms with Gasteiger partial charge >= 0.3 is 0 Å². The highest BCUT2D eigenvalue weighted by molar-refractivity contribution is 5.97. The van der Waals surface area contributed by atoms with Gasteiger partial charge in [-0.25, -0.2) is 0 Å². The quantitative estimate of drug-likeness (QED) is 0.202. The first kappa shape index (κ1) is 30.6. The standard InChI is InChI=1S/C37H45N3O3/c1-27(2)39(25-30-12-5-4-6-13-30)22-10-21-38-36(41)32-19-17-29(18-20-32)24-35-37(42)40(26-31-14-9-11-28(3)23-31)33-15-7-8-16-34(33)43-35/h4-6,9,11-14,17-20,23-24,27,33-34H,7-8,10,15-16,21-22,25-26H2,1-3H3,(H,38,41)/b35-24+. The van der Waals surface area contributed by atoms with Gasteiger partial charge in [0.25, 0.3) is 11.8 Å². The van der Waals surface area contributed by atoms with E-state index in [0.717, 1.165) is 56.3 Å². The van der Waals surface area contributed by atoms with Crippen LogP contribution in [0.25, 0.3) is 6.08 Å².